The summed E-state index contributed by atoms with van der Waals surface area (Å²) in [5.74, 6) is 0. The molecule has 0 saturated carbocycles. The van der Waals surface area contributed by atoms with E-state index in [1.807, 2.05) is 37.3 Å². The monoisotopic (exact) mass is 306 g/mol. The van der Waals surface area contributed by atoms with Gasteiger partial charge in [0.25, 0.3) is 0 Å². The molecule has 1 heterocycles. The fourth-order valence-electron chi connectivity index (χ4n) is 2.59. The number of amides is 1. The van der Waals surface area contributed by atoms with Gasteiger partial charge in [0.2, 0.25) is 0 Å². The molecule has 1 aliphatic heterocycles. The maximum absolute atomic E-state index is 12.1. The van der Waals surface area contributed by atoms with Gasteiger partial charge in [0, 0.05) is 32.7 Å². The van der Waals surface area contributed by atoms with E-state index >= 15 is 0 Å². The van der Waals surface area contributed by atoms with E-state index in [9.17, 15) is 9.90 Å². The minimum absolute atomic E-state index is 0.158. The van der Waals surface area contributed by atoms with Crippen LogP contribution in [0.1, 0.15) is 25.3 Å². The average Bonchev–Trinajstić information content (AvgIpc) is 2.56. The largest absolute Gasteiger partial charge is 0.445 e. The van der Waals surface area contributed by atoms with Gasteiger partial charge in [0.1, 0.15) is 6.61 Å². The topological polar surface area (TPSA) is 53.0 Å². The van der Waals surface area contributed by atoms with Crippen molar-refractivity contribution in [1.29, 1.82) is 0 Å². The summed E-state index contributed by atoms with van der Waals surface area (Å²) < 4.78 is 5.37. The Bertz CT molecular complexity index is 444. The molecule has 5 heteroatoms. The van der Waals surface area contributed by atoms with Crippen LogP contribution in [0.3, 0.4) is 0 Å². The molecule has 1 fully saturated rings. The maximum Gasteiger partial charge on any atom is 0.410 e. The average molecular weight is 306 g/mol. The molecule has 0 radical (unpaired) electrons. The zero-order valence-electron chi connectivity index (χ0n) is 13.3. The summed E-state index contributed by atoms with van der Waals surface area (Å²) in [7, 11) is 0. The molecular weight excluding hydrogens is 280 g/mol. The molecule has 2 rings (SSSR count). The van der Waals surface area contributed by atoms with Gasteiger partial charge < -0.3 is 19.6 Å². The smallest absolute Gasteiger partial charge is 0.410 e. The molecule has 122 valence electrons. The third-order valence-electron chi connectivity index (χ3n) is 4.09. The van der Waals surface area contributed by atoms with Crippen molar-refractivity contribution in [2.75, 3.05) is 32.7 Å². The van der Waals surface area contributed by atoms with Gasteiger partial charge in [-0.25, -0.2) is 4.79 Å². The number of benzene rings is 1. The van der Waals surface area contributed by atoms with E-state index in [-0.39, 0.29) is 12.2 Å². The van der Waals surface area contributed by atoms with Gasteiger partial charge >= 0.3 is 6.09 Å². The normalized spacial score (nSPS) is 16.5. The summed E-state index contributed by atoms with van der Waals surface area (Å²) >= 11 is 0. The molecule has 0 spiro atoms. The number of aliphatic hydroxyl groups excluding tert-OH is 1. The molecule has 1 saturated heterocycles. The van der Waals surface area contributed by atoms with Crippen molar-refractivity contribution in [3.8, 4) is 0 Å². The molecule has 0 bridgehead atoms. The van der Waals surface area contributed by atoms with E-state index in [1.165, 1.54) is 0 Å². The zero-order chi connectivity index (χ0) is 15.8. The predicted molar refractivity (Wildman–Crippen MR) is 85.6 cm³/mol. The lowest BCUT2D eigenvalue weighted by molar-refractivity contribution is 0.0688. The fraction of sp³-hybridized carbons (Fsp3) is 0.588. The number of likely N-dealkylation sites (tertiary alicyclic amines) is 1. The highest BCUT2D eigenvalue weighted by atomic mass is 16.6. The van der Waals surface area contributed by atoms with Crippen molar-refractivity contribution in [1.82, 2.24) is 9.80 Å². The van der Waals surface area contributed by atoms with Gasteiger partial charge in [-0.05, 0) is 25.3 Å². The van der Waals surface area contributed by atoms with Crippen LogP contribution in [0.4, 0.5) is 4.79 Å². The van der Waals surface area contributed by atoms with Crippen LogP contribution in [0.25, 0.3) is 0 Å². The van der Waals surface area contributed by atoms with Crippen molar-refractivity contribution < 1.29 is 14.6 Å². The number of ether oxygens (including phenoxy) is 1. The first-order chi connectivity index (χ1) is 10.7. The number of aliphatic hydroxyl groups is 1. The van der Waals surface area contributed by atoms with Gasteiger partial charge in [-0.3, -0.25) is 0 Å². The second-order valence-electron chi connectivity index (χ2n) is 5.69. The fourth-order valence-corrected chi connectivity index (χ4v) is 2.59. The van der Waals surface area contributed by atoms with Crippen LogP contribution in [0.5, 0.6) is 0 Å². The zero-order valence-corrected chi connectivity index (χ0v) is 13.3. The van der Waals surface area contributed by atoms with Crippen molar-refractivity contribution in [3.05, 3.63) is 35.9 Å². The Morgan fingerprint density at radius 2 is 2.00 bits per heavy atom. The highest BCUT2D eigenvalue weighted by molar-refractivity contribution is 5.67. The second kappa shape index (κ2) is 8.76. The van der Waals surface area contributed by atoms with Gasteiger partial charge in [-0.1, -0.05) is 30.3 Å². The number of piperidine rings is 1. The summed E-state index contributed by atoms with van der Waals surface area (Å²) in [6, 6.07) is 9.71. The van der Waals surface area contributed by atoms with Crippen LogP contribution in [0, 0.1) is 0 Å². The maximum atomic E-state index is 12.1. The Balaban J connectivity index is 1.72. The third-order valence-corrected chi connectivity index (χ3v) is 4.09. The lowest BCUT2D eigenvalue weighted by Gasteiger charge is -2.31. The lowest BCUT2D eigenvalue weighted by Crippen LogP contribution is -2.42. The van der Waals surface area contributed by atoms with Crippen LogP contribution < -0.4 is 0 Å². The van der Waals surface area contributed by atoms with E-state index in [0.717, 1.165) is 38.0 Å². The Hall–Kier alpha value is -1.59. The molecule has 0 aromatic heterocycles. The van der Waals surface area contributed by atoms with E-state index in [2.05, 4.69) is 4.90 Å². The summed E-state index contributed by atoms with van der Waals surface area (Å²) in [6.07, 6.45) is 1.23. The summed E-state index contributed by atoms with van der Waals surface area (Å²) in [6.45, 7) is 6.22. The van der Waals surface area contributed by atoms with E-state index in [0.29, 0.717) is 19.7 Å². The minimum Gasteiger partial charge on any atom is -0.445 e. The molecule has 22 heavy (non-hydrogen) atoms. The van der Waals surface area contributed by atoms with Crippen LogP contribution in [-0.4, -0.2) is 59.8 Å². The number of hydrogen-bond acceptors (Lipinski definition) is 4. The number of likely N-dealkylation sites (N-methyl/N-ethyl adjacent to an activating group) is 1. The molecule has 0 atom stereocenters. The van der Waals surface area contributed by atoms with Crippen molar-refractivity contribution in [2.45, 2.75) is 32.5 Å². The van der Waals surface area contributed by atoms with Crippen LogP contribution in [-0.2, 0) is 11.3 Å². The first-order valence-electron chi connectivity index (χ1n) is 8.05. The Labute approximate surface area is 132 Å². The molecule has 1 aromatic carbocycles. The number of carbonyl (C=O) groups excluding carboxylic acids is 1. The third kappa shape index (κ3) is 5.31. The highest BCUT2D eigenvalue weighted by Crippen LogP contribution is 2.10. The highest BCUT2D eigenvalue weighted by Gasteiger charge is 2.19. The molecule has 1 aliphatic rings. The summed E-state index contributed by atoms with van der Waals surface area (Å²) in [4.78, 5) is 16.1. The van der Waals surface area contributed by atoms with E-state index in [1.54, 1.807) is 4.90 Å². The van der Waals surface area contributed by atoms with Gasteiger partial charge in [0.05, 0.1) is 6.10 Å². The van der Waals surface area contributed by atoms with Gasteiger partial charge in [0.15, 0.2) is 0 Å². The number of rotatable bonds is 6. The molecule has 0 aliphatic carbocycles. The minimum atomic E-state index is -0.261. The van der Waals surface area contributed by atoms with Gasteiger partial charge in [-0.15, -0.1) is 0 Å². The number of nitrogens with zero attached hydrogens (tertiary/aromatic N) is 2. The lowest BCUT2D eigenvalue weighted by atomic mass is 10.1. The van der Waals surface area contributed by atoms with Crippen molar-refractivity contribution in [2.24, 2.45) is 0 Å². The quantitative estimate of drug-likeness (QED) is 0.874. The first kappa shape index (κ1) is 16.8. The molecule has 1 aromatic rings. The summed E-state index contributed by atoms with van der Waals surface area (Å²) in [5.41, 5.74) is 0.997. The Morgan fingerprint density at radius 3 is 2.64 bits per heavy atom. The van der Waals surface area contributed by atoms with Crippen molar-refractivity contribution in [3.63, 3.8) is 0 Å². The molecular formula is C17H26N2O3. The SMILES string of the molecule is CCN(CCN1CCC(O)CC1)C(=O)OCc1ccccc1. The van der Waals surface area contributed by atoms with E-state index < -0.39 is 0 Å². The molecule has 5 nitrogen and oxygen atoms in total. The number of carbonyl (C=O) groups is 1. The second-order valence-corrected chi connectivity index (χ2v) is 5.69. The first-order valence-corrected chi connectivity index (χ1v) is 8.05. The van der Waals surface area contributed by atoms with Crippen LogP contribution >= 0.6 is 0 Å². The summed E-state index contributed by atoms with van der Waals surface area (Å²) in [5, 5.41) is 9.51. The molecule has 0 unspecified atom stereocenters. The van der Waals surface area contributed by atoms with E-state index in [4.69, 9.17) is 4.74 Å². The Kier molecular flexibility index (Phi) is 6.68. The van der Waals surface area contributed by atoms with Crippen molar-refractivity contribution >= 4 is 6.09 Å². The van der Waals surface area contributed by atoms with Crippen LogP contribution in [0.15, 0.2) is 30.3 Å². The Morgan fingerprint density at radius 1 is 1.32 bits per heavy atom. The standard InChI is InChI=1S/C17H26N2O3/c1-2-19(13-12-18-10-8-16(20)9-11-18)17(21)22-14-15-6-4-3-5-7-15/h3-7,16,20H,2,8-14H2,1H3. The number of hydrogen-bond donors (Lipinski definition) is 1. The molecule has 1 amide bonds. The van der Waals surface area contributed by atoms with Crippen LogP contribution in [0.2, 0.25) is 0 Å². The predicted octanol–water partition coefficient (Wildman–Crippen LogP) is 2.10. The van der Waals surface area contributed by atoms with Gasteiger partial charge in [-0.2, -0.15) is 0 Å². The molecule has 1 N–H and O–H groups in total.